The van der Waals surface area contributed by atoms with Gasteiger partial charge in [-0.25, -0.2) is 4.39 Å². The van der Waals surface area contributed by atoms with Crippen molar-refractivity contribution in [1.29, 1.82) is 0 Å². The van der Waals surface area contributed by atoms with Crippen molar-refractivity contribution in [1.82, 2.24) is 0 Å². The van der Waals surface area contributed by atoms with Crippen molar-refractivity contribution in [2.75, 3.05) is 5.32 Å². The van der Waals surface area contributed by atoms with Gasteiger partial charge in [0, 0.05) is 22.3 Å². The van der Waals surface area contributed by atoms with Crippen LogP contribution in [0.15, 0.2) is 83.3 Å². The molecule has 0 bridgehead atoms. The fourth-order valence-electron chi connectivity index (χ4n) is 3.17. The van der Waals surface area contributed by atoms with Gasteiger partial charge in [0.15, 0.2) is 0 Å². The summed E-state index contributed by atoms with van der Waals surface area (Å²) in [6, 6.07) is 24.9. The molecule has 0 radical (unpaired) electrons. The van der Waals surface area contributed by atoms with Crippen molar-refractivity contribution in [3.63, 3.8) is 0 Å². The van der Waals surface area contributed by atoms with E-state index in [0.29, 0.717) is 13.2 Å². The minimum absolute atomic E-state index is 0.0969. The van der Waals surface area contributed by atoms with Gasteiger partial charge < -0.3 is 10.1 Å². The maximum atomic E-state index is 13.4. The lowest BCUT2D eigenvalue weighted by molar-refractivity contribution is 0.304. The molecule has 0 amide bonds. The van der Waals surface area contributed by atoms with Crippen LogP contribution in [0.3, 0.4) is 0 Å². The second kappa shape index (κ2) is 8.85. The number of anilines is 1. The van der Waals surface area contributed by atoms with Crippen LogP contribution in [0.4, 0.5) is 10.1 Å². The Bertz CT molecular complexity index is 1150. The van der Waals surface area contributed by atoms with Gasteiger partial charge in [-0.05, 0) is 52.7 Å². The van der Waals surface area contributed by atoms with Crippen LogP contribution >= 0.6 is 27.5 Å². The van der Waals surface area contributed by atoms with E-state index in [4.69, 9.17) is 16.3 Å². The summed E-state index contributed by atoms with van der Waals surface area (Å²) in [5, 5.41) is 5.68. The molecule has 0 heterocycles. The molecule has 4 aromatic carbocycles. The molecule has 0 atom stereocenters. The Morgan fingerprint density at radius 3 is 2.52 bits per heavy atom. The van der Waals surface area contributed by atoms with Crippen LogP contribution in [0.2, 0.25) is 5.02 Å². The van der Waals surface area contributed by atoms with Crippen LogP contribution < -0.4 is 10.1 Å². The molecule has 146 valence electrons. The average molecular weight is 471 g/mol. The van der Waals surface area contributed by atoms with Gasteiger partial charge in [0.2, 0.25) is 0 Å². The van der Waals surface area contributed by atoms with E-state index in [1.165, 1.54) is 6.07 Å². The van der Waals surface area contributed by atoms with Gasteiger partial charge in [0.05, 0.1) is 5.02 Å². The van der Waals surface area contributed by atoms with Crippen molar-refractivity contribution in [2.45, 2.75) is 13.2 Å². The molecule has 4 rings (SSSR count). The van der Waals surface area contributed by atoms with Crippen LogP contribution in [-0.2, 0) is 13.2 Å². The van der Waals surface area contributed by atoms with Crippen molar-refractivity contribution >= 4 is 44.0 Å². The lowest BCUT2D eigenvalue weighted by Gasteiger charge is -2.16. The van der Waals surface area contributed by atoms with E-state index < -0.39 is 5.82 Å². The fraction of sp³-hybridized carbons (Fsp3) is 0.0833. The molecule has 0 aliphatic rings. The zero-order chi connectivity index (χ0) is 20.2. The zero-order valence-corrected chi connectivity index (χ0v) is 17.8. The second-order valence-corrected chi connectivity index (χ2v) is 7.98. The number of ether oxygens (including phenoxy) is 1. The molecule has 0 aliphatic heterocycles. The van der Waals surface area contributed by atoms with E-state index in [-0.39, 0.29) is 5.02 Å². The fourth-order valence-corrected chi connectivity index (χ4v) is 3.62. The number of fused-ring (bicyclic) bond motifs is 1. The van der Waals surface area contributed by atoms with Gasteiger partial charge in [-0.3, -0.25) is 0 Å². The topological polar surface area (TPSA) is 21.3 Å². The molecule has 4 aromatic rings. The Balaban J connectivity index is 1.61. The summed E-state index contributed by atoms with van der Waals surface area (Å²) >= 11 is 9.36. The Morgan fingerprint density at radius 2 is 1.72 bits per heavy atom. The average Bonchev–Trinajstić information content (AvgIpc) is 2.74. The van der Waals surface area contributed by atoms with E-state index in [2.05, 4.69) is 39.4 Å². The minimum Gasteiger partial charge on any atom is -0.489 e. The van der Waals surface area contributed by atoms with Gasteiger partial charge in [0.25, 0.3) is 0 Å². The van der Waals surface area contributed by atoms with Crippen LogP contribution in [0, 0.1) is 5.82 Å². The molecular weight excluding hydrogens is 453 g/mol. The highest BCUT2D eigenvalue weighted by molar-refractivity contribution is 9.10. The van der Waals surface area contributed by atoms with E-state index >= 15 is 0 Å². The smallest absolute Gasteiger partial charge is 0.141 e. The normalized spacial score (nSPS) is 10.9. The van der Waals surface area contributed by atoms with E-state index in [1.807, 2.05) is 42.5 Å². The maximum Gasteiger partial charge on any atom is 0.141 e. The summed E-state index contributed by atoms with van der Waals surface area (Å²) in [6.45, 7) is 1.000. The second-order valence-electron chi connectivity index (χ2n) is 6.66. The molecule has 5 heteroatoms. The highest BCUT2D eigenvalue weighted by Crippen LogP contribution is 2.30. The summed E-state index contributed by atoms with van der Waals surface area (Å²) in [7, 11) is 0. The quantitative estimate of drug-likeness (QED) is 0.313. The van der Waals surface area contributed by atoms with E-state index in [1.54, 1.807) is 12.1 Å². The van der Waals surface area contributed by atoms with Crippen molar-refractivity contribution < 1.29 is 9.13 Å². The third-order valence-corrected chi connectivity index (χ3v) is 5.51. The Kier molecular flexibility index (Phi) is 6.02. The van der Waals surface area contributed by atoms with Crippen LogP contribution in [0.5, 0.6) is 5.75 Å². The monoisotopic (exact) mass is 469 g/mol. The first kappa shape index (κ1) is 19.7. The van der Waals surface area contributed by atoms with Crippen molar-refractivity contribution in [3.05, 3.63) is 105 Å². The summed E-state index contributed by atoms with van der Waals surface area (Å²) in [6.07, 6.45) is 0. The maximum absolute atomic E-state index is 13.4. The molecule has 0 saturated heterocycles. The number of hydrogen-bond acceptors (Lipinski definition) is 2. The van der Waals surface area contributed by atoms with Crippen molar-refractivity contribution in [2.24, 2.45) is 0 Å². The molecule has 0 unspecified atom stereocenters. The van der Waals surface area contributed by atoms with Crippen LogP contribution in [-0.4, -0.2) is 0 Å². The van der Waals surface area contributed by atoms with Gasteiger partial charge in [-0.15, -0.1) is 0 Å². The van der Waals surface area contributed by atoms with E-state index in [9.17, 15) is 4.39 Å². The Morgan fingerprint density at radius 1 is 0.931 bits per heavy atom. The molecule has 1 N–H and O–H groups in total. The molecule has 0 spiro atoms. The SMILES string of the molecule is Fc1ccc(NCc2c(OCc3ccc(Br)cc3)ccc3ccccc23)cc1Cl. The number of rotatable bonds is 6. The number of halogens is 3. The number of nitrogens with one attached hydrogen (secondary N) is 1. The first-order valence-electron chi connectivity index (χ1n) is 9.17. The molecule has 0 aromatic heterocycles. The van der Waals surface area contributed by atoms with Gasteiger partial charge in [-0.1, -0.05) is 70.0 Å². The lowest BCUT2D eigenvalue weighted by atomic mass is 10.0. The summed E-state index contributed by atoms with van der Waals surface area (Å²) in [4.78, 5) is 0. The molecule has 2 nitrogen and oxygen atoms in total. The Hall–Kier alpha value is -2.56. The van der Waals surface area contributed by atoms with Gasteiger partial charge in [0.1, 0.15) is 18.2 Å². The van der Waals surface area contributed by atoms with E-state index in [0.717, 1.165) is 37.8 Å². The van der Waals surface area contributed by atoms with Gasteiger partial charge in [-0.2, -0.15) is 0 Å². The Labute approximate surface area is 182 Å². The molecule has 0 fully saturated rings. The van der Waals surface area contributed by atoms with Crippen LogP contribution in [0.25, 0.3) is 10.8 Å². The molecular formula is C24H18BrClFNO. The first-order chi connectivity index (χ1) is 14.1. The number of hydrogen-bond donors (Lipinski definition) is 1. The van der Waals surface area contributed by atoms with Gasteiger partial charge >= 0.3 is 0 Å². The third-order valence-electron chi connectivity index (χ3n) is 4.69. The van der Waals surface area contributed by atoms with Crippen molar-refractivity contribution in [3.8, 4) is 5.75 Å². The van der Waals surface area contributed by atoms with Crippen LogP contribution in [0.1, 0.15) is 11.1 Å². The predicted octanol–water partition coefficient (Wildman–Crippen LogP) is 7.59. The third kappa shape index (κ3) is 4.72. The summed E-state index contributed by atoms with van der Waals surface area (Å²) < 4.78 is 20.6. The highest BCUT2D eigenvalue weighted by Gasteiger charge is 2.10. The highest BCUT2D eigenvalue weighted by atomic mass is 79.9. The predicted molar refractivity (Wildman–Crippen MR) is 121 cm³/mol. The standard InChI is InChI=1S/C24H18BrClFNO/c25-18-8-5-16(6-9-18)15-29-24-12-7-17-3-1-2-4-20(17)21(24)14-28-19-10-11-23(27)22(26)13-19/h1-13,28H,14-15H2. The number of benzene rings is 4. The molecule has 0 aliphatic carbocycles. The molecule has 29 heavy (non-hydrogen) atoms. The zero-order valence-electron chi connectivity index (χ0n) is 15.5. The largest absolute Gasteiger partial charge is 0.489 e. The minimum atomic E-state index is -0.430. The summed E-state index contributed by atoms with van der Waals surface area (Å²) in [5.41, 5.74) is 2.88. The lowest BCUT2D eigenvalue weighted by Crippen LogP contribution is -2.05. The molecule has 0 saturated carbocycles. The first-order valence-corrected chi connectivity index (χ1v) is 10.3. The summed E-state index contributed by atoms with van der Waals surface area (Å²) in [5.74, 6) is 0.383.